The van der Waals surface area contributed by atoms with E-state index < -0.39 is 0 Å². The van der Waals surface area contributed by atoms with Crippen LogP contribution in [-0.4, -0.2) is 35.8 Å². The highest BCUT2D eigenvalue weighted by molar-refractivity contribution is 8.00. The van der Waals surface area contributed by atoms with E-state index in [9.17, 15) is 4.79 Å². The summed E-state index contributed by atoms with van der Waals surface area (Å²) in [5.74, 6) is 0.652. The molecule has 0 aliphatic carbocycles. The Labute approximate surface area is 145 Å². The van der Waals surface area contributed by atoms with Gasteiger partial charge in [-0.05, 0) is 29.8 Å². The SMILES string of the molecule is O=C(CSc1ccccc1)N1CC(OCc2ccc(Cl)cc2)C1. The van der Waals surface area contributed by atoms with Crippen LogP contribution in [0.1, 0.15) is 5.56 Å². The fourth-order valence-electron chi connectivity index (χ4n) is 2.29. The number of hydrogen-bond donors (Lipinski definition) is 0. The number of ether oxygens (including phenoxy) is 1. The zero-order valence-electron chi connectivity index (χ0n) is 12.7. The Morgan fingerprint density at radius 2 is 1.83 bits per heavy atom. The number of rotatable bonds is 6. The van der Waals surface area contributed by atoms with E-state index in [2.05, 4.69) is 0 Å². The van der Waals surface area contributed by atoms with Gasteiger partial charge in [0.25, 0.3) is 0 Å². The molecule has 0 atom stereocenters. The highest BCUT2D eigenvalue weighted by Gasteiger charge is 2.30. The van der Waals surface area contributed by atoms with Crippen molar-refractivity contribution >= 4 is 29.3 Å². The summed E-state index contributed by atoms with van der Waals surface area (Å²) < 4.78 is 5.80. The average Bonchev–Trinajstić information content (AvgIpc) is 2.54. The van der Waals surface area contributed by atoms with Crippen molar-refractivity contribution in [1.82, 2.24) is 4.90 Å². The van der Waals surface area contributed by atoms with Gasteiger partial charge in [-0.15, -0.1) is 11.8 Å². The van der Waals surface area contributed by atoms with Crippen LogP contribution < -0.4 is 0 Å². The highest BCUT2D eigenvalue weighted by Crippen LogP contribution is 2.20. The molecule has 5 heteroatoms. The molecule has 1 aliphatic rings. The third-order valence-electron chi connectivity index (χ3n) is 3.71. The summed E-state index contributed by atoms with van der Waals surface area (Å²) in [5, 5.41) is 0.727. The second-order valence-electron chi connectivity index (χ2n) is 5.46. The number of halogens is 1. The molecule has 2 aromatic rings. The number of amides is 1. The Bertz CT molecular complexity index is 642. The molecule has 0 spiro atoms. The molecule has 0 aromatic heterocycles. The monoisotopic (exact) mass is 347 g/mol. The van der Waals surface area contributed by atoms with Crippen LogP contribution in [0.15, 0.2) is 59.5 Å². The summed E-state index contributed by atoms with van der Waals surface area (Å²) in [6, 6.07) is 17.6. The maximum absolute atomic E-state index is 12.1. The van der Waals surface area contributed by atoms with E-state index in [1.165, 1.54) is 0 Å². The van der Waals surface area contributed by atoms with E-state index in [-0.39, 0.29) is 12.0 Å². The predicted molar refractivity (Wildman–Crippen MR) is 93.8 cm³/mol. The van der Waals surface area contributed by atoms with Crippen LogP contribution in [0.3, 0.4) is 0 Å². The first kappa shape index (κ1) is 16.4. The van der Waals surface area contributed by atoms with E-state index in [0.717, 1.165) is 15.5 Å². The number of benzene rings is 2. The lowest BCUT2D eigenvalue weighted by molar-refractivity contribution is -0.142. The molecule has 1 saturated heterocycles. The van der Waals surface area contributed by atoms with Gasteiger partial charge >= 0.3 is 0 Å². The second-order valence-corrected chi connectivity index (χ2v) is 6.95. The molecule has 3 rings (SSSR count). The number of nitrogens with zero attached hydrogens (tertiary/aromatic N) is 1. The van der Waals surface area contributed by atoms with E-state index in [4.69, 9.17) is 16.3 Å². The highest BCUT2D eigenvalue weighted by atomic mass is 35.5. The number of likely N-dealkylation sites (tertiary alicyclic amines) is 1. The number of hydrogen-bond acceptors (Lipinski definition) is 3. The van der Waals surface area contributed by atoms with Crippen LogP contribution in [0.25, 0.3) is 0 Å². The average molecular weight is 348 g/mol. The molecule has 23 heavy (non-hydrogen) atoms. The summed E-state index contributed by atoms with van der Waals surface area (Å²) >= 11 is 7.43. The van der Waals surface area contributed by atoms with Gasteiger partial charge in [-0.25, -0.2) is 0 Å². The smallest absolute Gasteiger partial charge is 0.233 e. The third-order valence-corrected chi connectivity index (χ3v) is 4.95. The molecule has 1 heterocycles. The lowest BCUT2D eigenvalue weighted by Crippen LogP contribution is -2.55. The normalized spacial score (nSPS) is 14.6. The largest absolute Gasteiger partial charge is 0.370 e. The predicted octanol–water partition coefficient (Wildman–Crippen LogP) is 3.86. The zero-order valence-corrected chi connectivity index (χ0v) is 14.2. The molecule has 1 amide bonds. The van der Waals surface area contributed by atoms with Gasteiger partial charge in [0, 0.05) is 23.0 Å². The minimum atomic E-state index is 0.136. The zero-order chi connectivity index (χ0) is 16.1. The molecular weight excluding hydrogens is 330 g/mol. The number of carbonyl (C=O) groups excluding carboxylic acids is 1. The van der Waals surface area contributed by atoms with Crippen molar-refractivity contribution in [2.45, 2.75) is 17.6 Å². The van der Waals surface area contributed by atoms with Gasteiger partial charge in [0.2, 0.25) is 5.91 Å². The van der Waals surface area contributed by atoms with E-state index in [1.54, 1.807) is 11.8 Å². The Balaban J connectivity index is 1.35. The molecule has 0 saturated carbocycles. The number of carbonyl (C=O) groups is 1. The Morgan fingerprint density at radius 3 is 2.52 bits per heavy atom. The summed E-state index contributed by atoms with van der Waals surface area (Å²) in [5.41, 5.74) is 1.10. The molecular formula is C18H18ClNO2S. The van der Waals surface area contributed by atoms with Gasteiger partial charge < -0.3 is 9.64 Å². The Hall–Kier alpha value is -1.49. The maximum atomic E-state index is 12.1. The lowest BCUT2D eigenvalue weighted by atomic mass is 10.1. The molecule has 2 aromatic carbocycles. The molecule has 1 aliphatic heterocycles. The summed E-state index contributed by atoms with van der Waals surface area (Å²) in [6.45, 7) is 1.92. The molecule has 0 bridgehead atoms. The topological polar surface area (TPSA) is 29.5 Å². The van der Waals surface area contributed by atoms with Crippen molar-refractivity contribution in [2.75, 3.05) is 18.8 Å². The maximum Gasteiger partial charge on any atom is 0.233 e. The molecule has 3 nitrogen and oxygen atoms in total. The Morgan fingerprint density at radius 1 is 1.13 bits per heavy atom. The van der Waals surface area contributed by atoms with Crippen molar-refractivity contribution in [3.63, 3.8) is 0 Å². The van der Waals surface area contributed by atoms with Crippen molar-refractivity contribution in [2.24, 2.45) is 0 Å². The van der Waals surface area contributed by atoms with Crippen LogP contribution in [0.2, 0.25) is 5.02 Å². The molecule has 0 radical (unpaired) electrons. The first-order valence-corrected chi connectivity index (χ1v) is 8.89. The summed E-state index contributed by atoms with van der Waals surface area (Å²) in [7, 11) is 0. The van der Waals surface area contributed by atoms with Crippen LogP contribution in [-0.2, 0) is 16.1 Å². The van der Waals surface area contributed by atoms with Crippen LogP contribution in [0.5, 0.6) is 0 Å². The number of thioether (sulfide) groups is 1. The Kier molecular flexibility index (Phi) is 5.60. The second kappa shape index (κ2) is 7.86. The van der Waals surface area contributed by atoms with Crippen molar-refractivity contribution in [3.05, 3.63) is 65.2 Å². The van der Waals surface area contributed by atoms with Gasteiger partial charge in [0.15, 0.2) is 0 Å². The van der Waals surface area contributed by atoms with Gasteiger partial charge in [0.1, 0.15) is 0 Å². The standard InChI is InChI=1S/C18H18ClNO2S/c19-15-8-6-14(7-9-15)12-22-16-10-20(11-16)18(21)13-23-17-4-2-1-3-5-17/h1-9,16H,10-13H2. The van der Waals surface area contributed by atoms with Gasteiger partial charge in [0.05, 0.1) is 18.5 Å². The summed E-state index contributed by atoms with van der Waals surface area (Å²) in [6.07, 6.45) is 0.136. The van der Waals surface area contributed by atoms with Crippen molar-refractivity contribution in [3.8, 4) is 0 Å². The minimum Gasteiger partial charge on any atom is -0.370 e. The van der Waals surface area contributed by atoms with Crippen molar-refractivity contribution < 1.29 is 9.53 Å². The van der Waals surface area contributed by atoms with Gasteiger partial charge in [-0.3, -0.25) is 4.79 Å². The van der Waals surface area contributed by atoms with Crippen LogP contribution in [0.4, 0.5) is 0 Å². The fraction of sp³-hybridized carbons (Fsp3) is 0.278. The molecule has 120 valence electrons. The van der Waals surface area contributed by atoms with Crippen molar-refractivity contribution in [1.29, 1.82) is 0 Å². The van der Waals surface area contributed by atoms with E-state index in [1.807, 2.05) is 59.5 Å². The minimum absolute atomic E-state index is 0.136. The molecule has 1 fully saturated rings. The lowest BCUT2D eigenvalue weighted by Gasteiger charge is -2.38. The molecule has 0 unspecified atom stereocenters. The van der Waals surface area contributed by atoms with Gasteiger partial charge in [-0.1, -0.05) is 41.9 Å². The quantitative estimate of drug-likeness (QED) is 0.743. The fourth-order valence-corrected chi connectivity index (χ4v) is 3.24. The van der Waals surface area contributed by atoms with E-state index in [0.29, 0.717) is 25.4 Å². The molecule has 0 N–H and O–H groups in total. The first-order chi connectivity index (χ1) is 11.2. The summed E-state index contributed by atoms with van der Waals surface area (Å²) in [4.78, 5) is 15.1. The van der Waals surface area contributed by atoms with Crippen LogP contribution in [0, 0.1) is 0 Å². The van der Waals surface area contributed by atoms with Gasteiger partial charge in [-0.2, -0.15) is 0 Å². The third kappa shape index (κ3) is 4.74. The van der Waals surface area contributed by atoms with E-state index >= 15 is 0 Å². The van der Waals surface area contributed by atoms with Crippen LogP contribution >= 0.6 is 23.4 Å². The first-order valence-electron chi connectivity index (χ1n) is 7.52.